The first kappa shape index (κ1) is 12.0. The second-order valence-corrected chi connectivity index (χ2v) is 4.39. The van der Waals surface area contributed by atoms with Crippen LogP contribution in [0.15, 0.2) is 29.9 Å². The topological polar surface area (TPSA) is 91.8 Å². The van der Waals surface area contributed by atoms with Crippen molar-refractivity contribution in [3.63, 3.8) is 0 Å². The molecule has 18 heavy (non-hydrogen) atoms. The van der Waals surface area contributed by atoms with E-state index in [1.54, 1.807) is 17.8 Å². The summed E-state index contributed by atoms with van der Waals surface area (Å²) in [6.07, 6.45) is 1.70. The summed E-state index contributed by atoms with van der Waals surface area (Å²) in [5.41, 5.74) is 2.26. The number of nitriles is 1. The first-order chi connectivity index (χ1) is 8.70. The van der Waals surface area contributed by atoms with Crippen LogP contribution in [-0.2, 0) is 6.54 Å². The average Bonchev–Trinajstić information content (AvgIpc) is 2.89. The SMILES string of the molecule is N#Cc1ccc(NCc2cncs2)c([N+](=O)[O-])c1. The van der Waals surface area contributed by atoms with Gasteiger partial charge in [0.15, 0.2) is 0 Å². The number of nitro groups is 1. The third-order valence-corrected chi connectivity index (χ3v) is 3.04. The normalized spacial score (nSPS) is 9.72. The molecule has 1 aromatic carbocycles. The van der Waals surface area contributed by atoms with Gasteiger partial charge in [-0.05, 0) is 12.1 Å². The highest BCUT2D eigenvalue weighted by Crippen LogP contribution is 2.26. The predicted octanol–water partition coefficient (Wildman–Crippen LogP) is 2.54. The number of hydrogen-bond donors (Lipinski definition) is 1. The second kappa shape index (κ2) is 5.25. The standard InChI is InChI=1S/C11H8N4O2S/c12-4-8-1-2-10(11(3-8)15(16)17)14-6-9-5-13-7-18-9/h1-3,5,7,14H,6H2. The molecule has 0 spiro atoms. The van der Waals surface area contributed by atoms with E-state index in [2.05, 4.69) is 10.3 Å². The molecule has 2 rings (SSSR count). The van der Waals surface area contributed by atoms with E-state index in [1.165, 1.54) is 23.5 Å². The number of nitrogens with one attached hydrogen (secondary N) is 1. The first-order valence-electron chi connectivity index (χ1n) is 5.00. The molecule has 0 bridgehead atoms. The maximum absolute atomic E-state index is 10.9. The van der Waals surface area contributed by atoms with Crippen molar-refractivity contribution < 1.29 is 4.92 Å². The van der Waals surface area contributed by atoms with Gasteiger partial charge in [-0.15, -0.1) is 11.3 Å². The minimum atomic E-state index is -0.504. The van der Waals surface area contributed by atoms with Crippen molar-refractivity contribution in [2.45, 2.75) is 6.54 Å². The van der Waals surface area contributed by atoms with Gasteiger partial charge in [0.1, 0.15) is 5.69 Å². The van der Waals surface area contributed by atoms with E-state index in [-0.39, 0.29) is 11.3 Å². The highest BCUT2D eigenvalue weighted by Gasteiger charge is 2.14. The lowest BCUT2D eigenvalue weighted by molar-refractivity contribution is -0.384. The third kappa shape index (κ3) is 2.61. The molecular weight excluding hydrogens is 252 g/mol. The fourth-order valence-electron chi connectivity index (χ4n) is 1.41. The van der Waals surface area contributed by atoms with Gasteiger partial charge in [0.25, 0.3) is 5.69 Å². The van der Waals surface area contributed by atoms with Crippen LogP contribution >= 0.6 is 11.3 Å². The Labute approximate surface area is 107 Å². The summed E-state index contributed by atoms with van der Waals surface area (Å²) in [4.78, 5) is 15.3. The first-order valence-corrected chi connectivity index (χ1v) is 5.88. The Morgan fingerprint density at radius 3 is 3.00 bits per heavy atom. The van der Waals surface area contributed by atoms with E-state index in [9.17, 15) is 10.1 Å². The summed E-state index contributed by atoms with van der Waals surface area (Å²) in [5, 5.41) is 22.6. The van der Waals surface area contributed by atoms with E-state index in [0.29, 0.717) is 12.2 Å². The Kier molecular flexibility index (Phi) is 3.50. The molecule has 7 heteroatoms. The van der Waals surface area contributed by atoms with E-state index < -0.39 is 4.92 Å². The molecule has 1 aromatic heterocycles. The number of nitro benzene ring substituents is 1. The number of nitrogens with zero attached hydrogens (tertiary/aromatic N) is 3. The minimum Gasteiger partial charge on any atom is -0.375 e. The molecule has 0 saturated heterocycles. The predicted molar refractivity (Wildman–Crippen MR) is 67.3 cm³/mol. The minimum absolute atomic E-state index is 0.0986. The summed E-state index contributed by atoms with van der Waals surface area (Å²) in [5.74, 6) is 0. The molecule has 0 aliphatic carbocycles. The monoisotopic (exact) mass is 260 g/mol. The molecule has 0 fully saturated rings. The van der Waals surface area contributed by atoms with Gasteiger partial charge in [0, 0.05) is 17.1 Å². The van der Waals surface area contributed by atoms with Gasteiger partial charge in [0.2, 0.25) is 0 Å². The number of thiazole rings is 1. The van der Waals surface area contributed by atoms with Crippen LogP contribution in [0.4, 0.5) is 11.4 Å². The van der Waals surface area contributed by atoms with Gasteiger partial charge in [-0.3, -0.25) is 15.1 Å². The quantitative estimate of drug-likeness (QED) is 0.673. The van der Waals surface area contributed by atoms with Gasteiger partial charge < -0.3 is 5.32 Å². The number of anilines is 1. The number of benzene rings is 1. The Balaban J connectivity index is 2.22. The molecule has 90 valence electrons. The largest absolute Gasteiger partial charge is 0.375 e. The van der Waals surface area contributed by atoms with Crippen LogP contribution in [0.2, 0.25) is 0 Å². The molecule has 0 aliphatic heterocycles. The van der Waals surface area contributed by atoms with Gasteiger partial charge >= 0.3 is 0 Å². The summed E-state index contributed by atoms with van der Waals surface area (Å²) >= 11 is 1.47. The van der Waals surface area contributed by atoms with Crippen molar-refractivity contribution in [2.75, 3.05) is 5.32 Å². The molecular formula is C11H8N4O2S. The molecule has 0 saturated carbocycles. The summed E-state index contributed by atoms with van der Waals surface area (Å²) in [7, 11) is 0. The molecule has 6 nitrogen and oxygen atoms in total. The Morgan fingerprint density at radius 2 is 2.39 bits per heavy atom. The molecule has 0 unspecified atom stereocenters. The highest BCUT2D eigenvalue weighted by atomic mass is 32.1. The molecule has 0 aliphatic rings. The molecule has 1 N–H and O–H groups in total. The summed E-state index contributed by atoms with van der Waals surface area (Å²) in [6, 6.07) is 6.22. The van der Waals surface area contributed by atoms with Gasteiger partial charge in [0.05, 0.1) is 28.6 Å². The Hall–Kier alpha value is -2.46. The van der Waals surface area contributed by atoms with Crippen LogP contribution in [0.3, 0.4) is 0 Å². The lowest BCUT2D eigenvalue weighted by atomic mass is 10.2. The number of hydrogen-bond acceptors (Lipinski definition) is 6. The van der Waals surface area contributed by atoms with Crippen molar-refractivity contribution in [1.82, 2.24) is 4.98 Å². The lowest BCUT2D eigenvalue weighted by Gasteiger charge is -2.05. The van der Waals surface area contributed by atoms with Crippen LogP contribution in [0.5, 0.6) is 0 Å². The van der Waals surface area contributed by atoms with Crippen LogP contribution in [0, 0.1) is 21.4 Å². The summed E-state index contributed by atoms with van der Waals surface area (Å²) in [6.45, 7) is 0.470. The Morgan fingerprint density at radius 1 is 1.56 bits per heavy atom. The number of rotatable bonds is 4. The Bertz CT molecular complexity index is 604. The third-order valence-electron chi connectivity index (χ3n) is 2.26. The number of aromatic nitrogens is 1. The zero-order valence-electron chi connectivity index (χ0n) is 9.16. The van der Waals surface area contributed by atoms with Crippen molar-refractivity contribution in [3.8, 4) is 6.07 Å². The maximum atomic E-state index is 10.9. The summed E-state index contributed by atoms with van der Waals surface area (Å²) < 4.78 is 0. The fraction of sp³-hybridized carbons (Fsp3) is 0.0909. The van der Waals surface area contributed by atoms with Crippen molar-refractivity contribution >= 4 is 22.7 Å². The maximum Gasteiger partial charge on any atom is 0.293 e. The molecule has 0 atom stereocenters. The van der Waals surface area contributed by atoms with Crippen LogP contribution < -0.4 is 5.32 Å². The fourth-order valence-corrected chi connectivity index (χ4v) is 1.95. The highest BCUT2D eigenvalue weighted by molar-refractivity contribution is 7.09. The van der Waals surface area contributed by atoms with E-state index in [4.69, 9.17) is 5.26 Å². The van der Waals surface area contributed by atoms with Gasteiger partial charge in [-0.1, -0.05) is 0 Å². The van der Waals surface area contributed by atoms with Crippen molar-refractivity contribution in [3.05, 3.63) is 50.5 Å². The van der Waals surface area contributed by atoms with Crippen LogP contribution in [0.1, 0.15) is 10.4 Å². The molecule has 1 heterocycles. The van der Waals surface area contributed by atoms with Crippen molar-refractivity contribution in [1.29, 1.82) is 5.26 Å². The van der Waals surface area contributed by atoms with E-state index in [0.717, 1.165) is 4.88 Å². The second-order valence-electron chi connectivity index (χ2n) is 3.42. The van der Waals surface area contributed by atoms with Crippen LogP contribution in [0.25, 0.3) is 0 Å². The average molecular weight is 260 g/mol. The zero-order valence-corrected chi connectivity index (χ0v) is 9.98. The molecule has 0 amide bonds. The molecule has 2 aromatic rings. The lowest BCUT2D eigenvalue weighted by Crippen LogP contribution is -2.01. The zero-order chi connectivity index (χ0) is 13.0. The van der Waals surface area contributed by atoms with E-state index in [1.807, 2.05) is 6.07 Å². The smallest absolute Gasteiger partial charge is 0.293 e. The van der Waals surface area contributed by atoms with Crippen molar-refractivity contribution in [2.24, 2.45) is 0 Å². The van der Waals surface area contributed by atoms with E-state index >= 15 is 0 Å². The van der Waals surface area contributed by atoms with Gasteiger partial charge in [-0.2, -0.15) is 5.26 Å². The molecule has 0 radical (unpaired) electrons. The van der Waals surface area contributed by atoms with Crippen LogP contribution in [-0.4, -0.2) is 9.91 Å². The van der Waals surface area contributed by atoms with Gasteiger partial charge in [-0.25, -0.2) is 0 Å².